The van der Waals surface area contributed by atoms with E-state index in [4.69, 9.17) is 26.3 Å². The molecule has 0 spiro atoms. The van der Waals surface area contributed by atoms with Gasteiger partial charge in [-0.2, -0.15) is 0 Å². The van der Waals surface area contributed by atoms with Gasteiger partial charge in [0.05, 0.1) is 17.6 Å². The summed E-state index contributed by atoms with van der Waals surface area (Å²) in [5, 5.41) is 11.3. The molecule has 1 aliphatic heterocycles. The Morgan fingerprint density at radius 3 is 2.67 bits per heavy atom. The molecule has 9 heteroatoms. The molecule has 1 saturated heterocycles. The number of benzene rings is 2. The SMILES string of the molecule is CC(=O)NCCNc1nc(-c2ccccc2)nc2[nH]c(C(CCc3cccc(Cl)c3)OC3CCNCC3)cc12. The molecule has 8 nitrogen and oxygen atoms in total. The highest BCUT2D eigenvalue weighted by atomic mass is 35.5. The fraction of sp³-hybridized carbons (Fsp3) is 0.367. The number of aryl methyl sites for hydroxylation is 1. The van der Waals surface area contributed by atoms with Gasteiger partial charge >= 0.3 is 0 Å². The summed E-state index contributed by atoms with van der Waals surface area (Å²) < 4.78 is 6.72. The summed E-state index contributed by atoms with van der Waals surface area (Å²) in [5.41, 5.74) is 3.85. The Labute approximate surface area is 233 Å². The highest BCUT2D eigenvalue weighted by Gasteiger charge is 2.23. The zero-order valence-corrected chi connectivity index (χ0v) is 22.9. The number of carbonyl (C=O) groups excluding carboxylic acids is 1. The molecule has 39 heavy (non-hydrogen) atoms. The van der Waals surface area contributed by atoms with Crippen LogP contribution in [0.25, 0.3) is 22.4 Å². The minimum Gasteiger partial charge on any atom is -0.369 e. The second-order valence-electron chi connectivity index (χ2n) is 9.90. The van der Waals surface area contributed by atoms with Crippen molar-refractivity contribution in [2.45, 2.75) is 44.8 Å². The number of rotatable bonds is 11. The molecule has 0 radical (unpaired) electrons. The van der Waals surface area contributed by atoms with Crippen molar-refractivity contribution >= 4 is 34.4 Å². The first-order valence-corrected chi connectivity index (χ1v) is 14.0. The molecule has 1 fully saturated rings. The lowest BCUT2D eigenvalue weighted by molar-refractivity contribution is -0.118. The van der Waals surface area contributed by atoms with Crippen LogP contribution in [0.5, 0.6) is 0 Å². The second-order valence-corrected chi connectivity index (χ2v) is 10.3. The van der Waals surface area contributed by atoms with Crippen LogP contribution in [0.1, 0.15) is 43.5 Å². The lowest BCUT2D eigenvalue weighted by Crippen LogP contribution is -2.33. The molecule has 0 bridgehead atoms. The molecule has 2 aromatic heterocycles. The predicted octanol–water partition coefficient (Wildman–Crippen LogP) is 5.27. The van der Waals surface area contributed by atoms with Gasteiger partial charge in [0, 0.05) is 36.3 Å². The van der Waals surface area contributed by atoms with Gasteiger partial charge in [-0.15, -0.1) is 0 Å². The van der Waals surface area contributed by atoms with Crippen molar-refractivity contribution in [3.05, 3.63) is 76.9 Å². The fourth-order valence-electron chi connectivity index (χ4n) is 4.92. The first kappa shape index (κ1) is 27.1. The van der Waals surface area contributed by atoms with E-state index in [9.17, 15) is 4.79 Å². The van der Waals surface area contributed by atoms with Gasteiger partial charge in [-0.05, 0) is 62.5 Å². The van der Waals surface area contributed by atoms with Crippen molar-refractivity contribution < 1.29 is 9.53 Å². The molecule has 204 valence electrons. The summed E-state index contributed by atoms with van der Waals surface area (Å²) in [6, 6.07) is 20.0. The Morgan fingerprint density at radius 2 is 1.90 bits per heavy atom. The van der Waals surface area contributed by atoms with Crippen molar-refractivity contribution in [3.8, 4) is 11.4 Å². The third-order valence-electron chi connectivity index (χ3n) is 6.91. The largest absolute Gasteiger partial charge is 0.369 e. The number of halogens is 1. The number of fused-ring (bicyclic) bond motifs is 1. The summed E-state index contributed by atoms with van der Waals surface area (Å²) >= 11 is 6.25. The van der Waals surface area contributed by atoms with Crippen molar-refractivity contribution in [3.63, 3.8) is 0 Å². The van der Waals surface area contributed by atoms with Crippen LogP contribution in [0.15, 0.2) is 60.7 Å². The molecule has 2 aromatic carbocycles. The standard InChI is InChI=1S/C30H35ClN6O2/c1-20(38)33-16-17-34-29-25-19-26(35-30(25)37-28(36-29)22-7-3-2-4-8-22)27(39-24-12-14-32-15-13-24)11-10-21-6-5-9-23(31)18-21/h2-9,18-19,24,27,32H,10-17H2,1H3,(H,33,38)(H2,34,35,36,37). The third-order valence-corrected chi connectivity index (χ3v) is 7.14. The molecule has 0 aliphatic carbocycles. The van der Waals surface area contributed by atoms with Gasteiger partial charge in [0.1, 0.15) is 11.5 Å². The zero-order chi connectivity index (χ0) is 27.0. The summed E-state index contributed by atoms with van der Waals surface area (Å²) in [4.78, 5) is 24.6. The Morgan fingerprint density at radius 1 is 1.08 bits per heavy atom. The highest BCUT2D eigenvalue weighted by molar-refractivity contribution is 6.30. The van der Waals surface area contributed by atoms with Crippen LogP contribution in [-0.4, -0.2) is 53.1 Å². The Hall–Kier alpha value is -3.46. The highest BCUT2D eigenvalue weighted by Crippen LogP contribution is 2.32. The minimum absolute atomic E-state index is 0.0591. The predicted molar refractivity (Wildman–Crippen MR) is 156 cm³/mol. The number of carbonyl (C=O) groups is 1. The molecule has 5 rings (SSSR count). The number of piperidine rings is 1. The van der Waals surface area contributed by atoms with Crippen LogP contribution >= 0.6 is 11.6 Å². The third kappa shape index (κ3) is 7.35. The number of aromatic amines is 1. The van der Waals surface area contributed by atoms with Crippen molar-refractivity contribution in [2.24, 2.45) is 0 Å². The number of ether oxygens (including phenoxy) is 1. The normalized spacial score (nSPS) is 14.8. The number of hydrogen-bond acceptors (Lipinski definition) is 6. The summed E-state index contributed by atoms with van der Waals surface area (Å²) in [5.74, 6) is 1.30. The Kier molecular flexibility index (Phi) is 9.08. The quantitative estimate of drug-likeness (QED) is 0.191. The van der Waals surface area contributed by atoms with Gasteiger partial charge in [-0.1, -0.05) is 54.1 Å². The Balaban J connectivity index is 1.46. The Bertz CT molecular complexity index is 1390. The van der Waals surface area contributed by atoms with Crippen molar-refractivity contribution in [1.82, 2.24) is 25.6 Å². The molecule has 1 atom stereocenters. The van der Waals surface area contributed by atoms with E-state index in [0.29, 0.717) is 18.9 Å². The van der Waals surface area contributed by atoms with Gasteiger partial charge in [-0.3, -0.25) is 4.79 Å². The van der Waals surface area contributed by atoms with Gasteiger partial charge in [0.15, 0.2) is 5.82 Å². The van der Waals surface area contributed by atoms with Crippen LogP contribution in [0, 0.1) is 0 Å². The number of H-pyrrole nitrogens is 1. The first-order chi connectivity index (χ1) is 19.0. The maximum absolute atomic E-state index is 11.3. The number of anilines is 1. The van der Waals surface area contributed by atoms with E-state index in [2.05, 4.69) is 33.1 Å². The summed E-state index contributed by atoms with van der Waals surface area (Å²) in [6.45, 7) is 4.49. The lowest BCUT2D eigenvalue weighted by atomic mass is 10.0. The molecule has 1 amide bonds. The second kappa shape index (κ2) is 13.1. The molecule has 1 unspecified atom stereocenters. The van der Waals surface area contributed by atoms with Crippen LogP contribution in [0.2, 0.25) is 5.02 Å². The summed E-state index contributed by atoms with van der Waals surface area (Å²) in [6.07, 6.45) is 3.69. The molecule has 4 N–H and O–H groups in total. The van der Waals surface area contributed by atoms with E-state index in [-0.39, 0.29) is 18.1 Å². The number of nitrogens with zero attached hydrogens (tertiary/aromatic N) is 2. The topological polar surface area (TPSA) is 104 Å². The minimum atomic E-state index is -0.131. The monoisotopic (exact) mass is 546 g/mol. The van der Waals surface area contributed by atoms with Crippen molar-refractivity contribution in [1.29, 1.82) is 0 Å². The number of hydrogen-bond donors (Lipinski definition) is 4. The van der Waals surface area contributed by atoms with E-state index >= 15 is 0 Å². The number of aromatic nitrogens is 3. The van der Waals surface area contributed by atoms with Crippen LogP contribution in [0.3, 0.4) is 0 Å². The average molecular weight is 547 g/mol. The molecular formula is C30H35ClN6O2. The smallest absolute Gasteiger partial charge is 0.216 e. The fourth-order valence-corrected chi connectivity index (χ4v) is 5.14. The van der Waals surface area contributed by atoms with Crippen LogP contribution < -0.4 is 16.0 Å². The first-order valence-electron chi connectivity index (χ1n) is 13.6. The average Bonchev–Trinajstić information content (AvgIpc) is 3.39. The van der Waals surface area contributed by atoms with Gasteiger partial charge in [0.25, 0.3) is 0 Å². The zero-order valence-electron chi connectivity index (χ0n) is 22.2. The van der Waals surface area contributed by atoms with Crippen LogP contribution in [-0.2, 0) is 16.0 Å². The maximum Gasteiger partial charge on any atom is 0.216 e. The number of nitrogens with one attached hydrogen (secondary N) is 4. The van der Waals surface area contributed by atoms with E-state index in [0.717, 1.165) is 71.9 Å². The molecule has 0 saturated carbocycles. The molecule has 1 aliphatic rings. The maximum atomic E-state index is 11.3. The van der Waals surface area contributed by atoms with E-state index in [1.807, 2.05) is 48.5 Å². The van der Waals surface area contributed by atoms with E-state index < -0.39 is 0 Å². The van der Waals surface area contributed by atoms with Gasteiger partial charge in [0.2, 0.25) is 5.91 Å². The molecule has 3 heterocycles. The number of amides is 1. The van der Waals surface area contributed by atoms with Gasteiger partial charge < -0.3 is 25.7 Å². The lowest BCUT2D eigenvalue weighted by Gasteiger charge is -2.28. The van der Waals surface area contributed by atoms with Crippen LogP contribution in [0.4, 0.5) is 5.82 Å². The van der Waals surface area contributed by atoms with E-state index in [1.54, 1.807) is 0 Å². The van der Waals surface area contributed by atoms with E-state index in [1.165, 1.54) is 12.5 Å². The molecular weight excluding hydrogens is 512 g/mol. The van der Waals surface area contributed by atoms with Crippen molar-refractivity contribution in [2.75, 3.05) is 31.5 Å². The van der Waals surface area contributed by atoms with Gasteiger partial charge in [-0.25, -0.2) is 9.97 Å². The molecule has 4 aromatic rings. The summed E-state index contributed by atoms with van der Waals surface area (Å²) in [7, 11) is 0.